The van der Waals surface area contributed by atoms with Gasteiger partial charge in [-0.2, -0.15) is 18.3 Å². The molecule has 33 heavy (non-hydrogen) atoms. The maximum atomic E-state index is 13.9. The number of hydrogen-bond acceptors (Lipinski definition) is 4. The number of carboxylic acids is 1. The Hall–Kier alpha value is -3.56. The van der Waals surface area contributed by atoms with Gasteiger partial charge >= 0.3 is 12.1 Å². The highest BCUT2D eigenvalue weighted by Gasteiger charge is 2.36. The second kappa shape index (κ2) is 8.76. The molecule has 0 atom stereocenters. The van der Waals surface area contributed by atoms with E-state index in [0.717, 1.165) is 6.07 Å². The minimum absolute atomic E-state index is 0.0421. The fourth-order valence-corrected chi connectivity index (χ4v) is 4.12. The van der Waals surface area contributed by atoms with Gasteiger partial charge < -0.3 is 14.7 Å². The smallest absolute Gasteiger partial charge is 0.417 e. The predicted molar refractivity (Wildman–Crippen MR) is 113 cm³/mol. The molecule has 1 aromatic carbocycles. The first kappa shape index (κ1) is 22.6. The van der Waals surface area contributed by atoms with E-state index in [0.29, 0.717) is 37.0 Å². The van der Waals surface area contributed by atoms with E-state index in [-0.39, 0.29) is 35.3 Å². The van der Waals surface area contributed by atoms with Crippen molar-refractivity contribution in [3.8, 4) is 16.9 Å². The molecular formula is C23H22F3N3O4. The van der Waals surface area contributed by atoms with Crippen LogP contribution in [0.5, 0.6) is 5.75 Å². The average molecular weight is 461 g/mol. The Kier molecular flexibility index (Phi) is 6.01. The fourth-order valence-electron chi connectivity index (χ4n) is 4.12. The standard InChI is InChI=1S/C23H22F3N3O4/c1-14(30)28-8-6-17(7-9-28)33-20-4-2-3-18(23(24,25)26)22(20)15-5-10-29-19(11-15)16(13-27-29)12-21(31)32/h2-5,10-11,13,17H,6-9,12H2,1H3,(H,31,32). The van der Waals surface area contributed by atoms with Crippen molar-refractivity contribution in [2.45, 2.75) is 38.5 Å². The summed E-state index contributed by atoms with van der Waals surface area (Å²) in [5.41, 5.74) is 0.105. The molecule has 7 nitrogen and oxygen atoms in total. The lowest BCUT2D eigenvalue weighted by atomic mass is 9.97. The van der Waals surface area contributed by atoms with Gasteiger partial charge in [0.2, 0.25) is 5.91 Å². The zero-order chi connectivity index (χ0) is 23.8. The minimum atomic E-state index is -4.62. The van der Waals surface area contributed by atoms with Crippen molar-refractivity contribution in [2.75, 3.05) is 13.1 Å². The number of carbonyl (C=O) groups excluding carboxylic acids is 1. The van der Waals surface area contributed by atoms with Crippen LogP contribution in [0.4, 0.5) is 13.2 Å². The van der Waals surface area contributed by atoms with Gasteiger partial charge in [-0.3, -0.25) is 9.59 Å². The summed E-state index contributed by atoms with van der Waals surface area (Å²) in [5, 5.41) is 13.2. The molecule has 1 saturated heterocycles. The molecule has 3 heterocycles. The van der Waals surface area contributed by atoms with E-state index in [1.807, 2.05) is 0 Å². The Balaban J connectivity index is 1.75. The highest BCUT2D eigenvalue weighted by Crippen LogP contribution is 2.43. The predicted octanol–water partition coefficient (Wildman–Crippen LogP) is 4.04. The molecule has 3 aromatic rings. The lowest BCUT2D eigenvalue weighted by Crippen LogP contribution is -2.40. The maximum Gasteiger partial charge on any atom is 0.417 e. The SMILES string of the molecule is CC(=O)N1CCC(Oc2cccc(C(F)(F)F)c2-c2ccn3ncc(CC(=O)O)c3c2)CC1. The van der Waals surface area contributed by atoms with Gasteiger partial charge in [0, 0.05) is 50.2 Å². The van der Waals surface area contributed by atoms with Gasteiger partial charge in [-0.1, -0.05) is 6.07 Å². The monoisotopic (exact) mass is 461 g/mol. The second-order valence-corrected chi connectivity index (χ2v) is 7.99. The summed E-state index contributed by atoms with van der Waals surface area (Å²) in [6.45, 7) is 2.44. The summed E-state index contributed by atoms with van der Waals surface area (Å²) in [5.74, 6) is -1.01. The van der Waals surface area contributed by atoms with Crippen LogP contribution in [-0.4, -0.2) is 50.7 Å². The molecule has 0 aliphatic carbocycles. The first-order chi connectivity index (χ1) is 15.6. The Morgan fingerprint density at radius 2 is 1.94 bits per heavy atom. The van der Waals surface area contributed by atoms with Crippen LogP contribution in [0.15, 0.2) is 42.7 Å². The van der Waals surface area contributed by atoms with Gasteiger partial charge in [0.15, 0.2) is 0 Å². The normalized spacial score (nSPS) is 15.1. The van der Waals surface area contributed by atoms with E-state index in [1.54, 1.807) is 4.90 Å². The minimum Gasteiger partial charge on any atom is -0.490 e. The number of piperidine rings is 1. The topological polar surface area (TPSA) is 84.1 Å². The summed E-state index contributed by atoms with van der Waals surface area (Å²) < 4.78 is 49.3. The summed E-state index contributed by atoms with van der Waals surface area (Å²) >= 11 is 0. The quantitative estimate of drug-likeness (QED) is 0.620. The lowest BCUT2D eigenvalue weighted by molar-refractivity contribution is -0.137. The number of amides is 1. The van der Waals surface area contributed by atoms with Crippen molar-refractivity contribution in [1.82, 2.24) is 14.5 Å². The molecule has 0 unspecified atom stereocenters. The number of aliphatic carboxylic acids is 1. The molecule has 1 amide bonds. The third kappa shape index (κ3) is 4.79. The molecule has 1 N–H and O–H groups in total. The number of hydrogen-bond donors (Lipinski definition) is 1. The van der Waals surface area contributed by atoms with E-state index >= 15 is 0 Å². The van der Waals surface area contributed by atoms with Crippen LogP contribution < -0.4 is 4.74 Å². The summed E-state index contributed by atoms with van der Waals surface area (Å²) in [6, 6.07) is 6.81. The zero-order valence-corrected chi connectivity index (χ0v) is 17.8. The molecule has 2 aromatic heterocycles. The van der Waals surface area contributed by atoms with Crippen LogP contribution in [-0.2, 0) is 22.2 Å². The van der Waals surface area contributed by atoms with E-state index in [1.165, 1.54) is 48.1 Å². The first-order valence-electron chi connectivity index (χ1n) is 10.4. The van der Waals surface area contributed by atoms with Crippen LogP contribution in [0, 0.1) is 0 Å². The first-order valence-corrected chi connectivity index (χ1v) is 10.4. The molecule has 1 aliphatic heterocycles. The molecule has 1 aliphatic rings. The molecule has 174 valence electrons. The Morgan fingerprint density at radius 3 is 2.58 bits per heavy atom. The molecule has 4 rings (SSSR count). The maximum absolute atomic E-state index is 13.9. The van der Waals surface area contributed by atoms with E-state index in [4.69, 9.17) is 9.84 Å². The molecule has 0 radical (unpaired) electrons. The number of pyridine rings is 1. The van der Waals surface area contributed by atoms with Crippen molar-refractivity contribution in [1.29, 1.82) is 0 Å². The Morgan fingerprint density at radius 1 is 1.21 bits per heavy atom. The molecule has 0 bridgehead atoms. The van der Waals surface area contributed by atoms with Crippen LogP contribution in [0.3, 0.4) is 0 Å². The van der Waals surface area contributed by atoms with Gasteiger partial charge in [-0.15, -0.1) is 0 Å². The average Bonchev–Trinajstić information content (AvgIpc) is 3.14. The highest BCUT2D eigenvalue weighted by atomic mass is 19.4. The van der Waals surface area contributed by atoms with Crippen molar-refractivity contribution >= 4 is 17.4 Å². The fraction of sp³-hybridized carbons (Fsp3) is 0.348. The number of rotatable bonds is 5. The number of carbonyl (C=O) groups is 2. The third-order valence-corrected chi connectivity index (χ3v) is 5.74. The van der Waals surface area contributed by atoms with Crippen LogP contribution in [0.25, 0.3) is 16.6 Å². The molecule has 0 spiro atoms. The number of likely N-dealkylation sites (tertiary alicyclic amines) is 1. The number of aromatic nitrogens is 2. The van der Waals surface area contributed by atoms with Gasteiger partial charge in [0.1, 0.15) is 11.9 Å². The van der Waals surface area contributed by atoms with Crippen LogP contribution >= 0.6 is 0 Å². The van der Waals surface area contributed by atoms with Crippen molar-refractivity contribution in [2.24, 2.45) is 0 Å². The zero-order valence-electron chi connectivity index (χ0n) is 17.8. The van der Waals surface area contributed by atoms with E-state index < -0.39 is 17.7 Å². The molecule has 10 heteroatoms. The van der Waals surface area contributed by atoms with Crippen molar-refractivity contribution < 1.29 is 32.6 Å². The number of benzene rings is 1. The second-order valence-electron chi connectivity index (χ2n) is 7.99. The van der Waals surface area contributed by atoms with Crippen molar-refractivity contribution in [3.05, 3.63) is 53.9 Å². The molecule has 1 fully saturated rings. The van der Waals surface area contributed by atoms with Gasteiger partial charge in [-0.25, -0.2) is 4.52 Å². The van der Waals surface area contributed by atoms with E-state index in [9.17, 15) is 22.8 Å². The lowest BCUT2D eigenvalue weighted by Gasteiger charge is -2.32. The number of halogens is 3. The largest absolute Gasteiger partial charge is 0.490 e. The third-order valence-electron chi connectivity index (χ3n) is 5.74. The number of ether oxygens (including phenoxy) is 1. The molecular weight excluding hydrogens is 439 g/mol. The Labute approximate surface area is 187 Å². The van der Waals surface area contributed by atoms with E-state index in [2.05, 4.69) is 5.10 Å². The van der Waals surface area contributed by atoms with Gasteiger partial charge in [-0.05, 0) is 29.8 Å². The number of alkyl halides is 3. The van der Waals surface area contributed by atoms with Crippen molar-refractivity contribution in [3.63, 3.8) is 0 Å². The van der Waals surface area contributed by atoms with Crippen LogP contribution in [0.1, 0.15) is 30.9 Å². The van der Waals surface area contributed by atoms with Gasteiger partial charge in [0.05, 0.1) is 23.7 Å². The number of carboxylic acid groups (broad SMARTS) is 1. The Bertz CT molecular complexity index is 1200. The van der Waals surface area contributed by atoms with Gasteiger partial charge in [0.25, 0.3) is 0 Å². The number of fused-ring (bicyclic) bond motifs is 1. The summed E-state index contributed by atoms with van der Waals surface area (Å²) in [7, 11) is 0. The number of nitrogens with zero attached hydrogens (tertiary/aromatic N) is 3. The summed E-state index contributed by atoms with van der Waals surface area (Å²) in [4.78, 5) is 24.4. The van der Waals surface area contributed by atoms with Crippen LogP contribution in [0.2, 0.25) is 0 Å². The molecule has 0 saturated carbocycles. The summed E-state index contributed by atoms with van der Waals surface area (Å²) in [6.07, 6.45) is -1.33. The highest BCUT2D eigenvalue weighted by molar-refractivity contribution is 5.80.